The van der Waals surface area contributed by atoms with Crippen molar-refractivity contribution >= 4 is 9.84 Å². The van der Waals surface area contributed by atoms with Crippen molar-refractivity contribution in [2.75, 3.05) is 18.6 Å². The number of hydrogen-bond acceptors (Lipinski definition) is 3. The number of sulfone groups is 1. The summed E-state index contributed by atoms with van der Waals surface area (Å²) in [6.07, 6.45) is 5.79. The zero-order valence-corrected chi connectivity index (χ0v) is 11.8. The number of hydrogen-bond donors (Lipinski definition) is 1. The van der Waals surface area contributed by atoms with Crippen LogP contribution >= 0.6 is 0 Å². The third-order valence-corrected chi connectivity index (χ3v) is 4.72. The van der Waals surface area contributed by atoms with Gasteiger partial charge >= 0.3 is 0 Å². The second kappa shape index (κ2) is 8.99. The fourth-order valence-electron chi connectivity index (χ4n) is 1.59. The molecular formula is C12H27NO2S. The van der Waals surface area contributed by atoms with Gasteiger partial charge in [0, 0.05) is 6.04 Å². The van der Waals surface area contributed by atoms with E-state index in [1.54, 1.807) is 0 Å². The third kappa shape index (κ3) is 9.16. The number of nitrogens with one attached hydrogen (secondary N) is 1. The highest BCUT2D eigenvalue weighted by molar-refractivity contribution is 7.91. The molecule has 4 heteroatoms. The van der Waals surface area contributed by atoms with Crippen LogP contribution in [0.3, 0.4) is 0 Å². The summed E-state index contributed by atoms with van der Waals surface area (Å²) in [6.45, 7) is 4.21. The molecule has 0 fully saturated rings. The van der Waals surface area contributed by atoms with Gasteiger partial charge < -0.3 is 5.32 Å². The molecule has 0 saturated heterocycles. The summed E-state index contributed by atoms with van der Waals surface area (Å²) in [5, 5.41) is 3.16. The first-order chi connectivity index (χ1) is 7.52. The topological polar surface area (TPSA) is 46.2 Å². The Morgan fingerprint density at radius 3 is 2.12 bits per heavy atom. The molecular weight excluding hydrogens is 222 g/mol. The first-order valence-corrected chi connectivity index (χ1v) is 8.21. The van der Waals surface area contributed by atoms with Crippen molar-refractivity contribution < 1.29 is 8.42 Å². The quantitative estimate of drug-likeness (QED) is 0.605. The largest absolute Gasteiger partial charge is 0.317 e. The van der Waals surface area contributed by atoms with E-state index in [4.69, 9.17) is 0 Å². The van der Waals surface area contributed by atoms with Gasteiger partial charge in [0.05, 0.1) is 11.5 Å². The van der Waals surface area contributed by atoms with E-state index in [1.165, 1.54) is 0 Å². The summed E-state index contributed by atoms with van der Waals surface area (Å²) in [5.74, 6) is 0.746. The minimum absolute atomic E-state index is 0.368. The fourth-order valence-corrected chi connectivity index (χ4v) is 3.08. The van der Waals surface area contributed by atoms with Gasteiger partial charge in [-0.3, -0.25) is 0 Å². The van der Waals surface area contributed by atoms with Gasteiger partial charge in [-0.05, 0) is 33.2 Å². The maximum Gasteiger partial charge on any atom is 0.150 e. The van der Waals surface area contributed by atoms with Gasteiger partial charge in [0.1, 0.15) is 9.84 Å². The highest BCUT2D eigenvalue weighted by Crippen LogP contribution is 2.06. The van der Waals surface area contributed by atoms with Crippen LogP contribution in [0.25, 0.3) is 0 Å². The molecule has 1 N–H and O–H groups in total. The minimum atomic E-state index is -2.78. The molecule has 1 atom stereocenters. The highest BCUT2D eigenvalue weighted by atomic mass is 32.2. The SMILES string of the molecule is CCCCCS(=O)(=O)CCCCC(C)NC. The molecule has 98 valence electrons. The second-order valence-corrected chi connectivity index (χ2v) is 6.85. The lowest BCUT2D eigenvalue weighted by Gasteiger charge is -2.09. The molecule has 0 aromatic heterocycles. The van der Waals surface area contributed by atoms with Gasteiger partial charge in [0.15, 0.2) is 0 Å². The lowest BCUT2D eigenvalue weighted by Crippen LogP contribution is -2.21. The first kappa shape index (κ1) is 15.9. The van der Waals surface area contributed by atoms with Crippen LogP contribution in [-0.2, 0) is 9.84 Å². The summed E-state index contributed by atoms with van der Waals surface area (Å²) >= 11 is 0. The molecule has 0 saturated carbocycles. The Hall–Kier alpha value is -0.0900. The van der Waals surface area contributed by atoms with Crippen molar-refractivity contribution in [3.05, 3.63) is 0 Å². The van der Waals surface area contributed by atoms with Crippen LogP contribution in [0.15, 0.2) is 0 Å². The van der Waals surface area contributed by atoms with Crippen LogP contribution in [0.4, 0.5) is 0 Å². The van der Waals surface area contributed by atoms with E-state index in [9.17, 15) is 8.42 Å². The van der Waals surface area contributed by atoms with E-state index in [1.807, 2.05) is 7.05 Å². The molecule has 0 bridgehead atoms. The molecule has 0 radical (unpaired) electrons. The standard InChI is InChI=1S/C12H27NO2S/c1-4-5-7-10-16(14,15)11-8-6-9-12(2)13-3/h12-13H,4-11H2,1-3H3. The summed E-state index contributed by atoms with van der Waals surface area (Å²) in [5.41, 5.74) is 0. The molecule has 1 unspecified atom stereocenters. The summed E-state index contributed by atoms with van der Waals surface area (Å²) in [6, 6.07) is 0.489. The average molecular weight is 249 g/mol. The van der Waals surface area contributed by atoms with E-state index in [0.717, 1.165) is 38.5 Å². The van der Waals surface area contributed by atoms with Crippen molar-refractivity contribution in [2.24, 2.45) is 0 Å². The van der Waals surface area contributed by atoms with Crippen LogP contribution in [0.5, 0.6) is 0 Å². The van der Waals surface area contributed by atoms with E-state index < -0.39 is 9.84 Å². The van der Waals surface area contributed by atoms with Crippen molar-refractivity contribution in [3.8, 4) is 0 Å². The van der Waals surface area contributed by atoms with E-state index in [-0.39, 0.29) is 0 Å². The molecule has 0 heterocycles. The van der Waals surface area contributed by atoms with Crippen molar-refractivity contribution in [1.29, 1.82) is 0 Å². The van der Waals surface area contributed by atoms with Crippen LogP contribution in [-0.4, -0.2) is 33.0 Å². The zero-order chi connectivity index (χ0) is 12.4. The monoisotopic (exact) mass is 249 g/mol. The Morgan fingerprint density at radius 1 is 1.06 bits per heavy atom. The lowest BCUT2D eigenvalue weighted by atomic mass is 10.1. The molecule has 0 aliphatic rings. The van der Waals surface area contributed by atoms with Gasteiger partial charge in [-0.25, -0.2) is 8.42 Å². The van der Waals surface area contributed by atoms with E-state index in [0.29, 0.717) is 17.5 Å². The van der Waals surface area contributed by atoms with Crippen molar-refractivity contribution in [1.82, 2.24) is 5.32 Å². The normalized spacial score (nSPS) is 13.9. The van der Waals surface area contributed by atoms with E-state index >= 15 is 0 Å². The number of rotatable bonds is 10. The predicted octanol–water partition coefficient (Wildman–Crippen LogP) is 2.37. The Balaban J connectivity index is 3.58. The van der Waals surface area contributed by atoms with Crippen molar-refractivity contribution in [3.63, 3.8) is 0 Å². The van der Waals surface area contributed by atoms with Crippen LogP contribution < -0.4 is 5.32 Å². The maximum atomic E-state index is 11.6. The molecule has 0 aliphatic carbocycles. The molecule has 16 heavy (non-hydrogen) atoms. The Morgan fingerprint density at radius 2 is 1.62 bits per heavy atom. The molecule has 3 nitrogen and oxygen atoms in total. The lowest BCUT2D eigenvalue weighted by molar-refractivity contribution is 0.533. The van der Waals surface area contributed by atoms with Gasteiger partial charge in [-0.2, -0.15) is 0 Å². The smallest absolute Gasteiger partial charge is 0.150 e. The van der Waals surface area contributed by atoms with Gasteiger partial charge in [0.25, 0.3) is 0 Å². The Kier molecular flexibility index (Phi) is 8.94. The summed E-state index contributed by atoms with van der Waals surface area (Å²) < 4.78 is 23.2. The van der Waals surface area contributed by atoms with Crippen LogP contribution in [0.2, 0.25) is 0 Å². The summed E-state index contributed by atoms with van der Waals surface area (Å²) in [7, 11) is -0.842. The molecule has 0 aromatic carbocycles. The molecule has 0 spiro atoms. The van der Waals surface area contributed by atoms with Gasteiger partial charge in [0.2, 0.25) is 0 Å². The van der Waals surface area contributed by atoms with Crippen LogP contribution in [0.1, 0.15) is 52.4 Å². The summed E-state index contributed by atoms with van der Waals surface area (Å²) in [4.78, 5) is 0. The predicted molar refractivity (Wildman–Crippen MR) is 70.6 cm³/mol. The fraction of sp³-hybridized carbons (Fsp3) is 1.00. The van der Waals surface area contributed by atoms with Crippen molar-refractivity contribution in [2.45, 2.75) is 58.4 Å². The maximum absolute atomic E-state index is 11.6. The molecule has 0 rings (SSSR count). The Bertz CT molecular complexity index is 250. The van der Waals surface area contributed by atoms with Gasteiger partial charge in [-0.15, -0.1) is 0 Å². The Labute approximate surface area is 101 Å². The third-order valence-electron chi connectivity index (χ3n) is 2.89. The molecule has 0 amide bonds. The molecule has 0 aromatic rings. The molecule has 0 aliphatic heterocycles. The minimum Gasteiger partial charge on any atom is -0.317 e. The number of unbranched alkanes of at least 4 members (excludes halogenated alkanes) is 3. The van der Waals surface area contributed by atoms with Crippen LogP contribution in [0, 0.1) is 0 Å². The first-order valence-electron chi connectivity index (χ1n) is 6.39. The van der Waals surface area contributed by atoms with E-state index in [2.05, 4.69) is 19.2 Å². The highest BCUT2D eigenvalue weighted by Gasteiger charge is 2.09. The van der Waals surface area contributed by atoms with Gasteiger partial charge in [-0.1, -0.05) is 26.2 Å². The second-order valence-electron chi connectivity index (χ2n) is 4.54. The zero-order valence-electron chi connectivity index (χ0n) is 11.0. The average Bonchev–Trinajstić information content (AvgIpc) is 2.24.